The summed E-state index contributed by atoms with van der Waals surface area (Å²) in [6.07, 6.45) is 7.34. The Hall–Kier alpha value is -1.40. The van der Waals surface area contributed by atoms with E-state index in [1.807, 2.05) is 0 Å². The summed E-state index contributed by atoms with van der Waals surface area (Å²) in [5.74, 6) is 2.14. The molecule has 2 aliphatic carbocycles. The number of amides is 1. The average molecular weight is 441 g/mol. The minimum atomic E-state index is -0.369. The van der Waals surface area contributed by atoms with E-state index in [2.05, 4.69) is 26.3 Å². The van der Waals surface area contributed by atoms with Crippen molar-refractivity contribution in [1.29, 1.82) is 0 Å². The predicted molar refractivity (Wildman–Crippen MR) is 103 cm³/mol. The van der Waals surface area contributed by atoms with Gasteiger partial charge in [-0.25, -0.2) is 4.39 Å². The number of nitrogens with one attached hydrogen (secondary N) is 1. The summed E-state index contributed by atoms with van der Waals surface area (Å²) in [7, 11) is 0. The number of carbonyl (C=O) groups is 1. The molecule has 0 radical (unpaired) electrons. The Morgan fingerprint density at radius 1 is 1.38 bits per heavy atom. The molecule has 2 fully saturated rings. The monoisotopic (exact) mass is 439 g/mol. The number of nitrogens with zero attached hydrogens (tertiary/aromatic N) is 2. The lowest BCUT2D eigenvalue weighted by molar-refractivity contribution is -0.117. The van der Waals surface area contributed by atoms with Gasteiger partial charge in [-0.2, -0.15) is 5.10 Å². The molecular weight excluding hydrogens is 421 g/mol. The maximum absolute atomic E-state index is 13.9. The van der Waals surface area contributed by atoms with Gasteiger partial charge in [0.2, 0.25) is 5.91 Å². The van der Waals surface area contributed by atoms with Crippen LogP contribution in [0, 0.1) is 23.6 Å². The van der Waals surface area contributed by atoms with Gasteiger partial charge in [0.1, 0.15) is 5.82 Å². The summed E-state index contributed by atoms with van der Waals surface area (Å²) in [5.41, 5.74) is 0.379. The van der Waals surface area contributed by atoms with Gasteiger partial charge < -0.3 is 5.32 Å². The van der Waals surface area contributed by atoms with E-state index in [-0.39, 0.29) is 18.3 Å². The fourth-order valence-electron chi connectivity index (χ4n) is 4.46. The lowest BCUT2D eigenvalue weighted by Crippen LogP contribution is -2.20. The molecule has 4 rings (SSSR count). The highest BCUT2D eigenvalue weighted by Gasteiger charge is 2.40. The highest BCUT2D eigenvalue weighted by atomic mass is 79.9. The van der Waals surface area contributed by atoms with E-state index in [9.17, 15) is 9.18 Å². The Balaban J connectivity index is 1.41. The van der Waals surface area contributed by atoms with Crippen LogP contribution >= 0.6 is 27.5 Å². The van der Waals surface area contributed by atoms with E-state index >= 15 is 0 Å². The molecule has 0 spiro atoms. The van der Waals surface area contributed by atoms with E-state index < -0.39 is 0 Å². The van der Waals surface area contributed by atoms with Crippen LogP contribution in [0.15, 0.2) is 28.9 Å². The number of rotatable bonds is 5. The number of carbonyl (C=O) groups excluding carboxylic acids is 1. The molecule has 2 aromatic rings. The summed E-state index contributed by atoms with van der Waals surface area (Å²) in [5, 5.41) is 7.61. The first kappa shape index (κ1) is 18.0. The molecular formula is C19H20BrClFN3O. The van der Waals surface area contributed by atoms with Gasteiger partial charge in [-0.3, -0.25) is 9.48 Å². The van der Waals surface area contributed by atoms with Gasteiger partial charge in [0.05, 0.1) is 11.0 Å². The number of hydrogen-bond acceptors (Lipinski definition) is 2. The van der Waals surface area contributed by atoms with Crippen LogP contribution in [-0.2, 0) is 11.3 Å². The van der Waals surface area contributed by atoms with Crippen LogP contribution < -0.4 is 5.32 Å². The maximum atomic E-state index is 13.9. The Morgan fingerprint density at radius 3 is 2.92 bits per heavy atom. The molecule has 2 aliphatic rings. The second kappa shape index (κ2) is 7.31. The summed E-state index contributed by atoms with van der Waals surface area (Å²) < 4.78 is 16.2. The quantitative estimate of drug-likeness (QED) is 0.690. The number of halogens is 3. The molecule has 0 unspecified atom stereocenters. The van der Waals surface area contributed by atoms with Crippen molar-refractivity contribution in [3.63, 3.8) is 0 Å². The largest absolute Gasteiger partial charge is 0.308 e. The fraction of sp³-hybridized carbons (Fsp3) is 0.474. The highest BCUT2D eigenvalue weighted by Crippen LogP contribution is 2.49. The molecule has 2 bridgehead atoms. The van der Waals surface area contributed by atoms with Crippen LogP contribution in [0.3, 0.4) is 0 Å². The molecule has 138 valence electrons. The zero-order chi connectivity index (χ0) is 18.3. The number of aromatic nitrogens is 2. The minimum Gasteiger partial charge on any atom is -0.308 e. The highest BCUT2D eigenvalue weighted by molar-refractivity contribution is 9.10. The van der Waals surface area contributed by atoms with E-state index in [1.54, 1.807) is 23.0 Å². The Labute approximate surface area is 165 Å². The zero-order valence-corrected chi connectivity index (χ0v) is 16.6. The number of anilines is 1. The number of fused-ring (bicyclic) bond motifs is 2. The van der Waals surface area contributed by atoms with Crippen LogP contribution in [0.4, 0.5) is 10.2 Å². The van der Waals surface area contributed by atoms with Gasteiger partial charge in [-0.05, 0) is 65.1 Å². The van der Waals surface area contributed by atoms with E-state index in [0.29, 0.717) is 33.2 Å². The number of benzene rings is 1. The van der Waals surface area contributed by atoms with E-state index in [1.165, 1.54) is 31.7 Å². The van der Waals surface area contributed by atoms with Crippen molar-refractivity contribution in [1.82, 2.24) is 9.78 Å². The van der Waals surface area contributed by atoms with Crippen LogP contribution in [0.2, 0.25) is 5.02 Å². The lowest BCUT2D eigenvalue weighted by atomic mass is 9.86. The molecule has 1 heterocycles. The molecule has 3 atom stereocenters. The van der Waals surface area contributed by atoms with Gasteiger partial charge in [0.15, 0.2) is 5.82 Å². The topological polar surface area (TPSA) is 46.9 Å². The zero-order valence-electron chi connectivity index (χ0n) is 14.2. The predicted octanol–water partition coefficient (Wildman–Crippen LogP) is 5.25. The summed E-state index contributed by atoms with van der Waals surface area (Å²) in [6, 6.07) is 4.59. The van der Waals surface area contributed by atoms with Crippen molar-refractivity contribution < 1.29 is 9.18 Å². The molecule has 1 N–H and O–H groups in total. The molecule has 7 heteroatoms. The van der Waals surface area contributed by atoms with Crippen LogP contribution in [-0.4, -0.2) is 15.7 Å². The standard InChI is InChI=1S/C19H20BrClFN3O/c20-15-10-25(9-14-16(21)2-1-3-17(14)22)24-19(15)23-18(26)8-13-7-11-4-5-12(13)6-11/h1-3,10-13H,4-9H2,(H,23,24,26)/t11-,12+,13+/m0/s1. The van der Waals surface area contributed by atoms with Gasteiger partial charge in [-0.1, -0.05) is 24.1 Å². The van der Waals surface area contributed by atoms with Gasteiger partial charge in [-0.15, -0.1) is 0 Å². The SMILES string of the molecule is O=C(C[C@H]1C[C@H]2CC[C@@H]1C2)Nc1nn(Cc2c(F)cccc2Cl)cc1Br. The van der Waals surface area contributed by atoms with E-state index in [0.717, 1.165) is 11.8 Å². The summed E-state index contributed by atoms with van der Waals surface area (Å²) in [4.78, 5) is 12.4. The molecule has 1 aromatic heterocycles. The van der Waals surface area contributed by atoms with Crippen molar-refractivity contribution >= 4 is 39.3 Å². The molecule has 0 aliphatic heterocycles. The molecule has 26 heavy (non-hydrogen) atoms. The van der Waals surface area contributed by atoms with E-state index in [4.69, 9.17) is 11.6 Å². The number of hydrogen-bond donors (Lipinski definition) is 1. The maximum Gasteiger partial charge on any atom is 0.225 e. The van der Waals surface area contributed by atoms with Crippen LogP contribution in [0.25, 0.3) is 0 Å². The van der Waals surface area contributed by atoms with Gasteiger partial charge in [0, 0.05) is 23.2 Å². The smallest absolute Gasteiger partial charge is 0.225 e. The Bertz CT molecular complexity index is 820. The third-order valence-corrected chi connectivity index (χ3v) is 6.62. The molecule has 1 amide bonds. The summed E-state index contributed by atoms with van der Waals surface area (Å²) >= 11 is 9.49. The van der Waals surface area contributed by atoms with Crippen LogP contribution in [0.1, 0.15) is 37.7 Å². The second-order valence-electron chi connectivity index (χ2n) is 7.41. The molecule has 1 aromatic carbocycles. The first-order valence-corrected chi connectivity index (χ1v) is 10.1. The third-order valence-electron chi connectivity index (χ3n) is 5.69. The fourth-order valence-corrected chi connectivity index (χ4v) is 5.09. The Morgan fingerprint density at radius 2 is 2.23 bits per heavy atom. The first-order valence-electron chi connectivity index (χ1n) is 8.95. The minimum absolute atomic E-state index is 0.00239. The average Bonchev–Trinajstić information content (AvgIpc) is 3.28. The second-order valence-corrected chi connectivity index (χ2v) is 8.67. The van der Waals surface area contributed by atoms with Crippen molar-refractivity contribution in [2.75, 3.05) is 5.32 Å². The molecule has 4 nitrogen and oxygen atoms in total. The van der Waals surface area contributed by atoms with Crippen molar-refractivity contribution in [2.45, 2.75) is 38.6 Å². The summed E-state index contributed by atoms with van der Waals surface area (Å²) in [6.45, 7) is 0.201. The van der Waals surface area contributed by atoms with Crippen molar-refractivity contribution in [3.05, 3.63) is 45.3 Å². The normalized spacial score (nSPS) is 24.2. The van der Waals surface area contributed by atoms with Crippen LogP contribution in [0.5, 0.6) is 0 Å². The van der Waals surface area contributed by atoms with Gasteiger partial charge >= 0.3 is 0 Å². The molecule has 2 saturated carbocycles. The first-order chi connectivity index (χ1) is 12.5. The van der Waals surface area contributed by atoms with Gasteiger partial charge in [0.25, 0.3) is 0 Å². The Kier molecular flexibility index (Phi) is 5.06. The van der Waals surface area contributed by atoms with Crippen molar-refractivity contribution in [2.24, 2.45) is 17.8 Å². The lowest BCUT2D eigenvalue weighted by Gasteiger charge is -2.20. The molecule has 0 saturated heterocycles. The van der Waals surface area contributed by atoms with Crippen molar-refractivity contribution in [3.8, 4) is 0 Å². The third kappa shape index (κ3) is 3.67.